The average Bonchev–Trinajstić information content (AvgIpc) is 2.38. The Labute approximate surface area is 109 Å². The van der Waals surface area contributed by atoms with E-state index in [0.717, 1.165) is 19.6 Å². The Balaban J connectivity index is 2.24. The van der Waals surface area contributed by atoms with Crippen LogP contribution in [0.5, 0.6) is 0 Å². The minimum atomic E-state index is -0.315. The maximum atomic E-state index is 12.5. The van der Waals surface area contributed by atoms with Crippen molar-refractivity contribution in [3.63, 3.8) is 0 Å². The van der Waals surface area contributed by atoms with E-state index in [9.17, 15) is 4.79 Å². The van der Waals surface area contributed by atoms with Gasteiger partial charge in [-0.3, -0.25) is 4.79 Å². The lowest BCUT2D eigenvalue weighted by molar-refractivity contribution is -0.143. The molecule has 0 aromatic heterocycles. The second kappa shape index (κ2) is 5.11. The third kappa shape index (κ3) is 2.72. The van der Waals surface area contributed by atoms with Crippen molar-refractivity contribution in [1.29, 1.82) is 0 Å². The molecule has 3 heteroatoms. The van der Waals surface area contributed by atoms with Crippen LogP contribution in [-0.2, 0) is 4.79 Å². The SMILES string of the molecule is CC(C)(C)C(=O)N1CCNC[C@@H]1c1ccccc1. The van der Waals surface area contributed by atoms with E-state index in [-0.39, 0.29) is 17.4 Å². The first-order valence-corrected chi connectivity index (χ1v) is 6.57. The third-order valence-corrected chi connectivity index (χ3v) is 3.33. The van der Waals surface area contributed by atoms with Crippen molar-refractivity contribution in [3.05, 3.63) is 35.9 Å². The summed E-state index contributed by atoms with van der Waals surface area (Å²) < 4.78 is 0. The molecule has 1 heterocycles. The molecular weight excluding hydrogens is 224 g/mol. The van der Waals surface area contributed by atoms with Crippen LogP contribution in [0.4, 0.5) is 0 Å². The van der Waals surface area contributed by atoms with Crippen molar-refractivity contribution in [2.75, 3.05) is 19.6 Å². The smallest absolute Gasteiger partial charge is 0.228 e. The average molecular weight is 246 g/mol. The molecule has 3 nitrogen and oxygen atoms in total. The van der Waals surface area contributed by atoms with Gasteiger partial charge in [0.15, 0.2) is 0 Å². The monoisotopic (exact) mass is 246 g/mol. The standard InChI is InChI=1S/C15H22N2O/c1-15(2,3)14(18)17-10-9-16-11-13(17)12-7-5-4-6-8-12/h4-8,13,16H,9-11H2,1-3H3/t13-/m1/s1. The van der Waals surface area contributed by atoms with Crippen LogP contribution in [0.15, 0.2) is 30.3 Å². The summed E-state index contributed by atoms with van der Waals surface area (Å²) in [4.78, 5) is 14.5. The summed E-state index contributed by atoms with van der Waals surface area (Å²) in [5, 5.41) is 3.38. The first-order chi connectivity index (χ1) is 8.50. The van der Waals surface area contributed by atoms with Crippen molar-refractivity contribution in [2.24, 2.45) is 5.41 Å². The maximum absolute atomic E-state index is 12.5. The Morgan fingerprint density at radius 1 is 1.28 bits per heavy atom. The third-order valence-electron chi connectivity index (χ3n) is 3.33. The molecule has 0 radical (unpaired) electrons. The van der Waals surface area contributed by atoms with Crippen LogP contribution >= 0.6 is 0 Å². The molecule has 1 aliphatic rings. The van der Waals surface area contributed by atoms with Crippen molar-refractivity contribution in [1.82, 2.24) is 10.2 Å². The molecule has 0 spiro atoms. The van der Waals surface area contributed by atoms with Gasteiger partial charge in [-0.15, -0.1) is 0 Å². The Kier molecular flexibility index (Phi) is 3.71. The van der Waals surface area contributed by atoms with Gasteiger partial charge in [0.1, 0.15) is 0 Å². The highest BCUT2D eigenvalue weighted by atomic mass is 16.2. The Hall–Kier alpha value is -1.35. The second-order valence-electron chi connectivity index (χ2n) is 5.88. The molecule has 1 fully saturated rings. The zero-order valence-corrected chi connectivity index (χ0v) is 11.4. The van der Waals surface area contributed by atoms with E-state index in [0.29, 0.717) is 0 Å². The van der Waals surface area contributed by atoms with E-state index in [1.165, 1.54) is 5.56 Å². The summed E-state index contributed by atoms with van der Waals surface area (Å²) in [6.45, 7) is 8.46. The molecule has 1 aromatic carbocycles. The minimum Gasteiger partial charge on any atom is -0.333 e. The van der Waals surface area contributed by atoms with E-state index >= 15 is 0 Å². The van der Waals surface area contributed by atoms with Gasteiger partial charge in [0, 0.05) is 25.0 Å². The fourth-order valence-electron chi connectivity index (χ4n) is 2.35. The molecule has 98 valence electrons. The van der Waals surface area contributed by atoms with Gasteiger partial charge in [0.2, 0.25) is 5.91 Å². The fraction of sp³-hybridized carbons (Fsp3) is 0.533. The highest BCUT2D eigenvalue weighted by Gasteiger charge is 2.33. The number of nitrogens with one attached hydrogen (secondary N) is 1. The van der Waals surface area contributed by atoms with Crippen LogP contribution in [0.25, 0.3) is 0 Å². The molecule has 18 heavy (non-hydrogen) atoms. The van der Waals surface area contributed by atoms with Gasteiger partial charge in [-0.2, -0.15) is 0 Å². The van der Waals surface area contributed by atoms with Crippen LogP contribution in [0.1, 0.15) is 32.4 Å². The Morgan fingerprint density at radius 3 is 2.56 bits per heavy atom. The fourth-order valence-corrected chi connectivity index (χ4v) is 2.35. The molecule has 0 unspecified atom stereocenters. The van der Waals surface area contributed by atoms with Gasteiger partial charge < -0.3 is 10.2 Å². The summed E-state index contributed by atoms with van der Waals surface area (Å²) in [5.74, 6) is 0.234. The van der Waals surface area contributed by atoms with Crippen LogP contribution in [0.2, 0.25) is 0 Å². The number of hydrogen-bond acceptors (Lipinski definition) is 2. The zero-order chi connectivity index (χ0) is 13.2. The van der Waals surface area contributed by atoms with E-state index < -0.39 is 0 Å². The topological polar surface area (TPSA) is 32.3 Å². The van der Waals surface area contributed by atoms with Crippen LogP contribution in [0, 0.1) is 5.41 Å². The van der Waals surface area contributed by atoms with Crippen LogP contribution in [0.3, 0.4) is 0 Å². The number of piperazine rings is 1. The summed E-state index contributed by atoms with van der Waals surface area (Å²) in [6.07, 6.45) is 0. The molecule has 1 aliphatic heterocycles. The van der Waals surface area contributed by atoms with E-state index in [2.05, 4.69) is 17.4 Å². The lowest BCUT2D eigenvalue weighted by Crippen LogP contribution is -2.51. The molecule has 2 rings (SSSR count). The first kappa shape index (κ1) is 13.1. The number of carbonyl (C=O) groups is 1. The molecule has 1 N–H and O–H groups in total. The Bertz CT molecular complexity index is 408. The maximum Gasteiger partial charge on any atom is 0.228 e. The van der Waals surface area contributed by atoms with Gasteiger partial charge in [-0.25, -0.2) is 0 Å². The lowest BCUT2D eigenvalue weighted by Gasteiger charge is -2.39. The lowest BCUT2D eigenvalue weighted by atomic mass is 9.92. The number of amides is 1. The number of hydrogen-bond donors (Lipinski definition) is 1. The molecule has 1 aromatic rings. The summed E-state index contributed by atoms with van der Waals surface area (Å²) in [5.41, 5.74) is 0.895. The molecule has 0 bridgehead atoms. The van der Waals surface area contributed by atoms with Crippen LogP contribution in [-0.4, -0.2) is 30.4 Å². The van der Waals surface area contributed by atoms with Gasteiger partial charge >= 0.3 is 0 Å². The van der Waals surface area contributed by atoms with E-state index in [1.807, 2.05) is 43.9 Å². The highest BCUT2D eigenvalue weighted by Crippen LogP contribution is 2.27. The van der Waals surface area contributed by atoms with Gasteiger partial charge in [0.25, 0.3) is 0 Å². The number of benzene rings is 1. The van der Waals surface area contributed by atoms with Gasteiger partial charge in [-0.05, 0) is 5.56 Å². The van der Waals surface area contributed by atoms with Crippen molar-refractivity contribution in [3.8, 4) is 0 Å². The zero-order valence-electron chi connectivity index (χ0n) is 11.4. The normalized spacial score (nSPS) is 20.8. The largest absolute Gasteiger partial charge is 0.333 e. The molecular formula is C15H22N2O. The molecule has 1 amide bonds. The van der Waals surface area contributed by atoms with Gasteiger partial charge in [0.05, 0.1) is 6.04 Å². The molecule has 0 aliphatic carbocycles. The van der Waals surface area contributed by atoms with Crippen molar-refractivity contribution in [2.45, 2.75) is 26.8 Å². The van der Waals surface area contributed by atoms with Gasteiger partial charge in [-0.1, -0.05) is 51.1 Å². The molecule has 1 atom stereocenters. The predicted octanol–water partition coefficient (Wildman–Crippen LogP) is 2.21. The summed E-state index contributed by atoms with van der Waals surface area (Å²) >= 11 is 0. The molecule has 0 saturated carbocycles. The van der Waals surface area contributed by atoms with Crippen molar-refractivity contribution < 1.29 is 4.79 Å². The van der Waals surface area contributed by atoms with Crippen molar-refractivity contribution >= 4 is 5.91 Å². The first-order valence-electron chi connectivity index (χ1n) is 6.57. The summed E-state index contributed by atoms with van der Waals surface area (Å²) in [7, 11) is 0. The summed E-state index contributed by atoms with van der Waals surface area (Å²) in [6, 6.07) is 10.4. The number of rotatable bonds is 1. The molecule has 1 saturated heterocycles. The second-order valence-corrected chi connectivity index (χ2v) is 5.88. The predicted molar refractivity (Wildman–Crippen MR) is 73.2 cm³/mol. The number of carbonyl (C=O) groups excluding carboxylic acids is 1. The Morgan fingerprint density at radius 2 is 1.94 bits per heavy atom. The van der Waals surface area contributed by atoms with Crippen LogP contribution < -0.4 is 5.32 Å². The number of nitrogens with zero attached hydrogens (tertiary/aromatic N) is 1. The van der Waals surface area contributed by atoms with E-state index in [4.69, 9.17) is 0 Å². The highest BCUT2D eigenvalue weighted by molar-refractivity contribution is 5.82. The van der Waals surface area contributed by atoms with E-state index in [1.54, 1.807) is 0 Å². The quantitative estimate of drug-likeness (QED) is 0.824. The minimum absolute atomic E-state index is 0.159.